The number of benzene rings is 3. The maximum absolute atomic E-state index is 12.5. The molecule has 1 N–H and O–H groups in total. The van der Waals surface area contributed by atoms with Gasteiger partial charge in [-0.2, -0.15) is 0 Å². The van der Waals surface area contributed by atoms with Gasteiger partial charge in [0.2, 0.25) is 0 Å². The molecule has 8 heteroatoms. The summed E-state index contributed by atoms with van der Waals surface area (Å²) >= 11 is 13.4. The maximum Gasteiger partial charge on any atom is 0.271 e. The lowest BCUT2D eigenvalue weighted by Gasteiger charge is -2.12. The van der Waals surface area contributed by atoms with E-state index in [1.165, 1.54) is 11.3 Å². The molecule has 0 unspecified atom stereocenters. The number of thiazole rings is 1. The highest BCUT2D eigenvalue weighted by molar-refractivity contribution is 7.13. The van der Waals surface area contributed by atoms with Crippen LogP contribution in [0.15, 0.2) is 72.1 Å². The molecule has 4 aromatic rings. The number of rotatable bonds is 8. The minimum Gasteiger partial charge on any atom is -0.493 e. The van der Waals surface area contributed by atoms with Crippen molar-refractivity contribution in [2.24, 2.45) is 0 Å². The summed E-state index contributed by atoms with van der Waals surface area (Å²) in [4.78, 5) is 17.0. The Morgan fingerprint density at radius 1 is 0.970 bits per heavy atom. The van der Waals surface area contributed by atoms with Crippen LogP contribution in [0.3, 0.4) is 0 Å². The Kier molecular flexibility index (Phi) is 7.50. The molecule has 0 fully saturated rings. The van der Waals surface area contributed by atoms with Crippen LogP contribution in [0, 0.1) is 0 Å². The lowest BCUT2D eigenvalue weighted by Crippen LogP contribution is -2.23. The molecule has 0 aliphatic rings. The summed E-state index contributed by atoms with van der Waals surface area (Å²) in [6.07, 6.45) is 0. The molecule has 168 valence electrons. The Morgan fingerprint density at radius 3 is 2.55 bits per heavy atom. The van der Waals surface area contributed by atoms with Crippen molar-refractivity contribution in [2.75, 3.05) is 7.11 Å². The van der Waals surface area contributed by atoms with Gasteiger partial charge in [-0.3, -0.25) is 4.79 Å². The molecule has 5 nitrogen and oxygen atoms in total. The molecule has 3 aromatic carbocycles. The standard InChI is InChI=1S/C25H20Cl2N2O3S/c1-31-23-12-18(8-10-22(23)32-14-17-7-9-19(26)20(27)11-17)25-29-21(15-33-25)24(30)28-13-16-5-3-2-4-6-16/h2-12,15H,13-14H2,1H3,(H,28,30). The van der Waals surface area contributed by atoms with Gasteiger partial charge in [0.25, 0.3) is 5.91 Å². The molecule has 0 radical (unpaired) electrons. The van der Waals surface area contributed by atoms with Crippen LogP contribution in [0.2, 0.25) is 10.0 Å². The topological polar surface area (TPSA) is 60.5 Å². The van der Waals surface area contributed by atoms with E-state index in [1.807, 2.05) is 54.6 Å². The average molecular weight is 499 g/mol. The van der Waals surface area contributed by atoms with E-state index in [2.05, 4.69) is 10.3 Å². The molecule has 0 saturated heterocycles. The van der Waals surface area contributed by atoms with Crippen molar-refractivity contribution in [1.82, 2.24) is 10.3 Å². The zero-order valence-electron chi connectivity index (χ0n) is 17.7. The van der Waals surface area contributed by atoms with Crippen molar-refractivity contribution in [3.8, 4) is 22.1 Å². The number of nitrogens with one attached hydrogen (secondary N) is 1. The normalized spacial score (nSPS) is 10.6. The molecule has 4 rings (SSSR count). The first-order valence-electron chi connectivity index (χ1n) is 10.1. The van der Waals surface area contributed by atoms with E-state index in [0.29, 0.717) is 45.4 Å². The molecule has 1 aromatic heterocycles. The second kappa shape index (κ2) is 10.7. The fourth-order valence-corrected chi connectivity index (χ4v) is 4.21. The highest BCUT2D eigenvalue weighted by Crippen LogP contribution is 2.34. The summed E-state index contributed by atoms with van der Waals surface area (Å²) in [7, 11) is 1.58. The van der Waals surface area contributed by atoms with Gasteiger partial charge in [-0.1, -0.05) is 59.6 Å². The average Bonchev–Trinajstić information content (AvgIpc) is 3.34. The fourth-order valence-electron chi connectivity index (χ4n) is 3.09. The molecule has 0 bridgehead atoms. The van der Waals surface area contributed by atoms with E-state index in [-0.39, 0.29) is 5.91 Å². The highest BCUT2D eigenvalue weighted by Gasteiger charge is 2.14. The monoisotopic (exact) mass is 498 g/mol. The van der Waals surface area contributed by atoms with Gasteiger partial charge < -0.3 is 14.8 Å². The van der Waals surface area contributed by atoms with Crippen molar-refractivity contribution >= 4 is 40.4 Å². The predicted octanol–water partition coefficient (Wildman–Crippen LogP) is 6.63. The number of aromatic nitrogens is 1. The molecule has 0 atom stereocenters. The number of ether oxygens (including phenoxy) is 2. The van der Waals surface area contributed by atoms with Crippen LogP contribution in [-0.2, 0) is 13.2 Å². The van der Waals surface area contributed by atoms with Crippen LogP contribution in [0.25, 0.3) is 10.6 Å². The van der Waals surface area contributed by atoms with E-state index in [0.717, 1.165) is 16.7 Å². The summed E-state index contributed by atoms with van der Waals surface area (Å²) in [6.45, 7) is 0.765. The second-order valence-electron chi connectivity index (χ2n) is 7.11. The first-order chi connectivity index (χ1) is 16.0. The van der Waals surface area contributed by atoms with Gasteiger partial charge in [-0.05, 0) is 41.5 Å². The smallest absolute Gasteiger partial charge is 0.271 e. The summed E-state index contributed by atoms with van der Waals surface area (Å²) in [5.41, 5.74) is 3.13. The SMILES string of the molecule is COc1cc(-c2nc(C(=O)NCc3ccccc3)cs2)ccc1OCc1ccc(Cl)c(Cl)c1. The number of amides is 1. The number of carbonyl (C=O) groups excluding carboxylic acids is 1. The zero-order valence-corrected chi connectivity index (χ0v) is 20.0. The Hall–Kier alpha value is -3.06. The number of nitrogens with zero attached hydrogens (tertiary/aromatic N) is 1. The minimum atomic E-state index is -0.213. The molecule has 0 spiro atoms. The summed E-state index contributed by atoms with van der Waals surface area (Å²) in [5, 5.41) is 6.34. The quantitative estimate of drug-likeness (QED) is 0.296. The van der Waals surface area contributed by atoms with Gasteiger partial charge in [0.15, 0.2) is 11.5 Å². The van der Waals surface area contributed by atoms with E-state index in [9.17, 15) is 4.79 Å². The second-order valence-corrected chi connectivity index (χ2v) is 8.78. The van der Waals surface area contributed by atoms with E-state index < -0.39 is 0 Å². The van der Waals surface area contributed by atoms with Crippen molar-refractivity contribution in [2.45, 2.75) is 13.2 Å². The van der Waals surface area contributed by atoms with Crippen molar-refractivity contribution < 1.29 is 14.3 Å². The minimum absolute atomic E-state index is 0.213. The summed E-state index contributed by atoms with van der Waals surface area (Å²) in [5.74, 6) is 0.942. The third-order valence-corrected chi connectivity index (χ3v) is 6.45. The van der Waals surface area contributed by atoms with Gasteiger partial charge in [0.1, 0.15) is 17.3 Å². The number of carbonyl (C=O) groups is 1. The third kappa shape index (κ3) is 5.85. The lowest BCUT2D eigenvalue weighted by atomic mass is 10.2. The van der Waals surface area contributed by atoms with E-state index >= 15 is 0 Å². The van der Waals surface area contributed by atoms with Crippen LogP contribution in [0.4, 0.5) is 0 Å². The largest absolute Gasteiger partial charge is 0.493 e. The van der Waals surface area contributed by atoms with Crippen molar-refractivity contribution in [3.05, 3.63) is 99.0 Å². The Balaban J connectivity index is 1.43. The van der Waals surface area contributed by atoms with E-state index in [1.54, 1.807) is 24.6 Å². The van der Waals surface area contributed by atoms with Crippen LogP contribution in [0.1, 0.15) is 21.6 Å². The first kappa shape index (κ1) is 23.1. The van der Waals surface area contributed by atoms with Crippen molar-refractivity contribution in [3.63, 3.8) is 0 Å². The Bertz CT molecular complexity index is 1260. The lowest BCUT2D eigenvalue weighted by molar-refractivity contribution is 0.0946. The predicted molar refractivity (Wildman–Crippen MR) is 133 cm³/mol. The molecular formula is C25H20Cl2N2O3S. The highest BCUT2D eigenvalue weighted by atomic mass is 35.5. The summed E-state index contributed by atoms with van der Waals surface area (Å²) < 4.78 is 11.4. The van der Waals surface area contributed by atoms with Gasteiger partial charge >= 0.3 is 0 Å². The Morgan fingerprint density at radius 2 is 1.79 bits per heavy atom. The van der Waals surface area contributed by atoms with Crippen LogP contribution < -0.4 is 14.8 Å². The molecule has 33 heavy (non-hydrogen) atoms. The van der Waals surface area contributed by atoms with Crippen molar-refractivity contribution in [1.29, 1.82) is 0 Å². The number of methoxy groups -OCH3 is 1. The maximum atomic E-state index is 12.5. The van der Waals surface area contributed by atoms with Crippen LogP contribution in [-0.4, -0.2) is 18.0 Å². The molecule has 0 aliphatic heterocycles. The van der Waals surface area contributed by atoms with Gasteiger partial charge in [0.05, 0.1) is 17.2 Å². The Labute approximate surface area is 205 Å². The van der Waals surface area contributed by atoms with Gasteiger partial charge in [0, 0.05) is 17.5 Å². The zero-order chi connectivity index (χ0) is 23.2. The number of halogens is 2. The molecule has 0 aliphatic carbocycles. The molecule has 1 amide bonds. The van der Waals surface area contributed by atoms with Crippen LogP contribution in [0.5, 0.6) is 11.5 Å². The van der Waals surface area contributed by atoms with Crippen LogP contribution >= 0.6 is 34.5 Å². The fraction of sp³-hybridized carbons (Fsp3) is 0.120. The number of hydrogen-bond donors (Lipinski definition) is 1. The summed E-state index contributed by atoms with van der Waals surface area (Å²) in [6, 6.07) is 20.7. The first-order valence-corrected chi connectivity index (χ1v) is 11.7. The van der Waals surface area contributed by atoms with Gasteiger partial charge in [-0.15, -0.1) is 11.3 Å². The molecular weight excluding hydrogens is 479 g/mol. The number of hydrogen-bond acceptors (Lipinski definition) is 5. The molecule has 0 saturated carbocycles. The third-order valence-electron chi connectivity index (χ3n) is 4.82. The van der Waals surface area contributed by atoms with E-state index in [4.69, 9.17) is 32.7 Å². The van der Waals surface area contributed by atoms with Gasteiger partial charge in [-0.25, -0.2) is 4.98 Å². The molecule has 1 heterocycles.